The predicted octanol–water partition coefficient (Wildman–Crippen LogP) is 1.04. The lowest BCUT2D eigenvalue weighted by Gasteiger charge is -1.87. The van der Waals surface area contributed by atoms with Gasteiger partial charge in [-0.25, -0.2) is 4.79 Å². The van der Waals surface area contributed by atoms with Gasteiger partial charge in [-0.05, 0) is 16.5 Å². The summed E-state index contributed by atoms with van der Waals surface area (Å²) in [6.07, 6.45) is 6.14. The highest BCUT2D eigenvalue weighted by Gasteiger charge is 1.82. The maximum Gasteiger partial charge on any atom is 0.328 e. The lowest BCUT2D eigenvalue weighted by atomic mass is 10.2. The molecule has 0 amide bonds. The van der Waals surface area contributed by atoms with Crippen molar-refractivity contribution in [3.05, 3.63) is 54.1 Å². The molecule has 1 N–H and O–H groups in total. The maximum absolute atomic E-state index is 10.1. The first kappa shape index (κ1) is 15.8. The van der Waals surface area contributed by atoms with Crippen molar-refractivity contribution in [3.8, 4) is 0 Å². The van der Waals surface area contributed by atoms with Gasteiger partial charge in [0.1, 0.15) is 0 Å². The molecule has 2 nitrogen and oxygen atoms in total. The summed E-state index contributed by atoms with van der Waals surface area (Å²) in [5.74, 6) is -0.933. The number of benzene rings is 1. The van der Waals surface area contributed by atoms with Gasteiger partial charge < -0.3 is 5.11 Å². The Hall–Kier alpha value is -1.68. The molecule has 0 spiro atoms. The Morgan fingerprint density at radius 2 is 1.73 bits per heavy atom. The van der Waals surface area contributed by atoms with E-state index in [0.717, 1.165) is 11.6 Å². The van der Waals surface area contributed by atoms with E-state index in [1.807, 2.05) is 36.4 Å². The molecule has 1 aromatic rings. The van der Waals surface area contributed by atoms with Crippen LogP contribution < -0.4 is 0 Å². The molecule has 1 aromatic carbocycles. The van der Waals surface area contributed by atoms with E-state index in [-0.39, 0.29) is 15.7 Å². The summed E-state index contributed by atoms with van der Waals surface area (Å²) in [5, 5.41) is 8.29. The molecule has 0 atom stereocenters. The minimum atomic E-state index is -0.933. The van der Waals surface area contributed by atoms with Crippen LogP contribution >= 0.6 is 0 Å². The number of carboxylic acids is 1. The van der Waals surface area contributed by atoms with Gasteiger partial charge in [-0.2, -0.15) is 0 Å². The number of hydrogen-bond acceptors (Lipinski definition) is 1. The molecule has 15 heavy (non-hydrogen) atoms. The molecule has 0 saturated carbocycles. The molecule has 0 fully saturated rings. The van der Waals surface area contributed by atoms with Gasteiger partial charge in [0.25, 0.3) is 0 Å². The molecule has 0 aromatic heterocycles. The summed E-state index contributed by atoms with van der Waals surface area (Å²) < 4.78 is 0. The third-order valence-corrected chi connectivity index (χ3v) is 1.44. The van der Waals surface area contributed by atoms with Gasteiger partial charge in [0.15, 0.2) is 0 Å². The van der Waals surface area contributed by atoms with Crippen LogP contribution in [0.15, 0.2) is 48.6 Å². The molecular formula is C11H15FO2Si. The standard InChI is InChI=1S/C11H10O2.FH.H4Si/c12-11(13)9-5-4-8-10-6-2-1-3-7-10;;/h1-9H,(H,12,13);1H;1H4. The average Bonchev–Trinajstić information content (AvgIpc) is 2.14. The maximum atomic E-state index is 10.1. The smallest absolute Gasteiger partial charge is 0.328 e. The van der Waals surface area contributed by atoms with Crippen molar-refractivity contribution in [3.63, 3.8) is 0 Å². The van der Waals surface area contributed by atoms with Crippen molar-refractivity contribution >= 4 is 23.0 Å². The number of halogens is 1. The summed E-state index contributed by atoms with van der Waals surface area (Å²) in [6, 6.07) is 9.70. The number of hydrogen-bond donors (Lipinski definition) is 1. The van der Waals surface area contributed by atoms with Gasteiger partial charge in [0, 0.05) is 6.08 Å². The summed E-state index contributed by atoms with van der Waals surface area (Å²) in [7, 11) is 0. The molecule has 0 radical (unpaired) electrons. The zero-order valence-electron chi connectivity index (χ0n) is 7.46. The van der Waals surface area contributed by atoms with Crippen LogP contribution in [0.1, 0.15) is 5.56 Å². The molecular weight excluding hydrogens is 211 g/mol. The van der Waals surface area contributed by atoms with Crippen LogP contribution in [0, 0.1) is 0 Å². The quantitative estimate of drug-likeness (QED) is 0.475. The zero-order chi connectivity index (χ0) is 9.52. The number of aliphatic carboxylic acids is 1. The molecule has 0 heterocycles. The summed E-state index contributed by atoms with van der Waals surface area (Å²) in [6.45, 7) is 0. The van der Waals surface area contributed by atoms with Gasteiger partial charge in [-0.15, -0.1) is 0 Å². The first-order valence-electron chi connectivity index (χ1n) is 3.92. The van der Waals surface area contributed by atoms with E-state index in [1.54, 1.807) is 6.08 Å². The van der Waals surface area contributed by atoms with E-state index in [0.29, 0.717) is 0 Å². The number of allylic oxidation sites excluding steroid dienone is 2. The Morgan fingerprint density at radius 1 is 1.13 bits per heavy atom. The van der Waals surface area contributed by atoms with Crippen molar-refractivity contribution in [2.45, 2.75) is 0 Å². The first-order chi connectivity index (χ1) is 6.29. The van der Waals surface area contributed by atoms with E-state index in [1.165, 1.54) is 6.08 Å². The Morgan fingerprint density at radius 3 is 2.27 bits per heavy atom. The zero-order valence-corrected chi connectivity index (χ0v) is 7.46. The molecule has 0 aliphatic heterocycles. The van der Waals surface area contributed by atoms with Gasteiger partial charge >= 0.3 is 5.97 Å². The lowest BCUT2D eigenvalue weighted by molar-refractivity contribution is -0.131. The molecule has 4 heteroatoms. The largest absolute Gasteiger partial charge is 0.478 e. The topological polar surface area (TPSA) is 37.3 Å². The van der Waals surface area contributed by atoms with Crippen molar-refractivity contribution in [1.82, 2.24) is 0 Å². The summed E-state index contributed by atoms with van der Waals surface area (Å²) in [4.78, 5) is 10.1. The van der Waals surface area contributed by atoms with E-state index in [9.17, 15) is 4.79 Å². The van der Waals surface area contributed by atoms with Gasteiger partial charge in [0.05, 0.1) is 0 Å². The summed E-state index contributed by atoms with van der Waals surface area (Å²) >= 11 is 0. The van der Waals surface area contributed by atoms with Crippen molar-refractivity contribution in [2.24, 2.45) is 0 Å². The lowest BCUT2D eigenvalue weighted by Crippen LogP contribution is -1.84. The van der Waals surface area contributed by atoms with Crippen LogP contribution in [-0.2, 0) is 4.79 Å². The third-order valence-electron chi connectivity index (χ3n) is 1.44. The minimum absolute atomic E-state index is 0. The van der Waals surface area contributed by atoms with E-state index >= 15 is 0 Å². The highest BCUT2D eigenvalue weighted by atomic mass is 28.1. The summed E-state index contributed by atoms with van der Waals surface area (Å²) in [5.41, 5.74) is 1.05. The monoisotopic (exact) mass is 226 g/mol. The van der Waals surface area contributed by atoms with Crippen molar-refractivity contribution in [2.75, 3.05) is 0 Å². The van der Waals surface area contributed by atoms with Gasteiger partial charge in [-0.1, -0.05) is 48.6 Å². The molecule has 0 bridgehead atoms. The Labute approximate surface area is 92.3 Å². The van der Waals surface area contributed by atoms with Crippen LogP contribution in [0.2, 0.25) is 0 Å². The van der Waals surface area contributed by atoms with Crippen LogP contribution in [0.5, 0.6) is 0 Å². The second-order valence-corrected chi connectivity index (χ2v) is 2.47. The Balaban J connectivity index is 0. The Bertz CT molecular complexity index is 334. The highest BCUT2D eigenvalue weighted by molar-refractivity contribution is 5.80. The number of carboxylic acid groups (broad SMARTS) is 1. The fraction of sp³-hybridized carbons (Fsp3) is 0. The molecule has 0 unspecified atom stereocenters. The van der Waals surface area contributed by atoms with Crippen LogP contribution in [0.3, 0.4) is 0 Å². The normalized spacial score (nSPS) is 9.60. The minimum Gasteiger partial charge on any atom is -0.478 e. The number of carbonyl (C=O) groups is 1. The van der Waals surface area contributed by atoms with Crippen molar-refractivity contribution in [1.29, 1.82) is 0 Å². The predicted molar refractivity (Wildman–Crippen MR) is 66.1 cm³/mol. The number of rotatable bonds is 3. The van der Waals surface area contributed by atoms with Crippen LogP contribution in [0.4, 0.5) is 4.70 Å². The SMILES string of the molecule is F.O=C(O)C=CC=Cc1ccccc1.[SiH4]. The molecule has 0 aliphatic carbocycles. The second kappa shape index (κ2) is 8.90. The van der Waals surface area contributed by atoms with E-state index < -0.39 is 5.97 Å². The highest BCUT2D eigenvalue weighted by Crippen LogP contribution is 2.00. The third kappa shape index (κ3) is 7.39. The first-order valence-corrected chi connectivity index (χ1v) is 3.92. The van der Waals surface area contributed by atoms with Crippen LogP contribution in [-0.4, -0.2) is 22.0 Å². The van der Waals surface area contributed by atoms with Gasteiger partial charge in [-0.3, -0.25) is 4.70 Å². The molecule has 1 rings (SSSR count). The van der Waals surface area contributed by atoms with E-state index in [4.69, 9.17) is 5.11 Å². The van der Waals surface area contributed by atoms with Gasteiger partial charge in [0.2, 0.25) is 0 Å². The van der Waals surface area contributed by atoms with E-state index in [2.05, 4.69) is 0 Å². The fourth-order valence-corrected chi connectivity index (χ4v) is 0.869. The fourth-order valence-electron chi connectivity index (χ4n) is 0.869. The van der Waals surface area contributed by atoms with Crippen LogP contribution in [0.25, 0.3) is 6.08 Å². The Kier molecular flexibility index (Phi) is 9.35. The average molecular weight is 226 g/mol. The second-order valence-electron chi connectivity index (χ2n) is 2.47. The van der Waals surface area contributed by atoms with Crippen molar-refractivity contribution < 1.29 is 14.6 Å². The molecule has 0 aliphatic rings. The molecule has 0 saturated heterocycles. The molecule has 82 valence electrons.